The molecule has 10 heteroatoms. The minimum Gasteiger partial charge on any atom is -0.367 e. The van der Waals surface area contributed by atoms with Gasteiger partial charge in [0.05, 0.1) is 17.8 Å². The Morgan fingerprint density at radius 3 is 2.35 bits per heavy atom. The van der Waals surface area contributed by atoms with Gasteiger partial charge in [-0.05, 0) is 37.3 Å². The lowest BCUT2D eigenvalue weighted by Crippen LogP contribution is -2.51. The number of rotatable bonds is 6. The zero-order valence-electron chi connectivity index (χ0n) is 19.2. The number of hydrogen-bond donors (Lipinski definition) is 2. The van der Waals surface area contributed by atoms with Crippen molar-refractivity contribution in [3.8, 4) is 0 Å². The highest BCUT2D eigenvalue weighted by molar-refractivity contribution is 6.08. The number of amides is 3. The van der Waals surface area contributed by atoms with Crippen molar-refractivity contribution in [3.05, 3.63) is 71.8 Å². The lowest BCUT2D eigenvalue weighted by molar-refractivity contribution is -0.130. The highest BCUT2D eigenvalue weighted by Crippen LogP contribution is 2.23. The Labute approximate surface area is 197 Å². The Kier molecular flexibility index (Phi) is 6.86. The van der Waals surface area contributed by atoms with E-state index in [1.807, 2.05) is 25.1 Å². The predicted octanol–water partition coefficient (Wildman–Crippen LogP) is 1.45. The van der Waals surface area contributed by atoms with Gasteiger partial charge in [0.25, 0.3) is 11.8 Å². The summed E-state index contributed by atoms with van der Waals surface area (Å²) in [6, 6.07) is 12.6. The Morgan fingerprint density at radius 2 is 1.68 bits per heavy atom. The molecule has 1 aromatic carbocycles. The van der Waals surface area contributed by atoms with E-state index in [0.29, 0.717) is 43.1 Å². The quantitative estimate of drug-likeness (QED) is 0.575. The number of carbonyl (C=O) groups excluding carboxylic acids is 3. The summed E-state index contributed by atoms with van der Waals surface area (Å²) < 4.78 is 1.50. The molecular weight excluding hydrogens is 434 g/mol. The third-order valence-electron chi connectivity index (χ3n) is 5.69. The van der Waals surface area contributed by atoms with Crippen LogP contribution in [-0.4, -0.2) is 70.1 Å². The van der Waals surface area contributed by atoms with Gasteiger partial charge in [-0.3, -0.25) is 24.0 Å². The third kappa shape index (κ3) is 5.22. The van der Waals surface area contributed by atoms with Gasteiger partial charge < -0.3 is 20.4 Å². The molecule has 10 nitrogen and oxygen atoms in total. The van der Waals surface area contributed by atoms with Gasteiger partial charge in [0.15, 0.2) is 0 Å². The lowest BCUT2D eigenvalue weighted by atomic mass is 10.1. The van der Waals surface area contributed by atoms with Crippen LogP contribution in [0, 0.1) is 6.92 Å². The standard InChI is InChI=1S/C24H27N7O3/c1-17-15-21(29(2)28-17)24(34)26-16-22(32)31-13-11-30(12-14-31)20-6-4-3-5-19(20)23(33)27-18-7-9-25-10-8-18/h3-10,15H,11-14,16H2,1-2H3,(H,26,34)(H,25,27,33). The van der Waals surface area contributed by atoms with Gasteiger partial charge in [0.2, 0.25) is 5.91 Å². The number of nitrogens with one attached hydrogen (secondary N) is 2. The number of anilines is 2. The fourth-order valence-electron chi connectivity index (χ4n) is 3.95. The van der Waals surface area contributed by atoms with Gasteiger partial charge in [-0.25, -0.2) is 0 Å². The lowest BCUT2D eigenvalue weighted by Gasteiger charge is -2.36. The maximum atomic E-state index is 12.9. The Balaban J connectivity index is 1.33. The van der Waals surface area contributed by atoms with E-state index in [0.717, 1.165) is 11.4 Å². The topological polar surface area (TPSA) is 112 Å². The van der Waals surface area contributed by atoms with Crippen LogP contribution in [0.3, 0.4) is 0 Å². The number of carbonyl (C=O) groups is 3. The molecule has 4 rings (SSSR count). The van der Waals surface area contributed by atoms with Crippen molar-refractivity contribution in [2.24, 2.45) is 7.05 Å². The first-order valence-electron chi connectivity index (χ1n) is 11.0. The largest absolute Gasteiger partial charge is 0.367 e. The van der Waals surface area contributed by atoms with E-state index >= 15 is 0 Å². The zero-order chi connectivity index (χ0) is 24.1. The molecule has 0 aliphatic carbocycles. The molecule has 3 aromatic rings. The number of pyridine rings is 1. The maximum Gasteiger partial charge on any atom is 0.269 e. The van der Waals surface area contributed by atoms with Crippen LogP contribution in [0.5, 0.6) is 0 Å². The van der Waals surface area contributed by atoms with E-state index < -0.39 is 0 Å². The second-order valence-electron chi connectivity index (χ2n) is 8.05. The predicted molar refractivity (Wildman–Crippen MR) is 128 cm³/mol. The Hall–Kier alpha value is -4.21. The number of aromatic nitrogens is 3. The molecule has 176 valence electrons. The van der Waals surface area contributed by atoms with Crippen molar-refractivity contribution in [3.63, 3.8) is 0 Å². The number of hydrogen-bond acceptors (Lipinski definition) is 6. The number of aryl methyl sites for hydroxylation is 2. The van der Waals surface area contributed by atoms with Crippen molar-refractivity contribution in [1.29, 1.82) is 0 Å². The summed E-state index contributed by atoms with van der Waals surface area (Å²) in [6.07, 6.45) is 3.25. The Bertz CT molecular complexity index is 1180. The monoisotopic (exact) mass is 461 g/mol. The van der Waals surface area contributed by atoms with Gasteiger partial charge >= 0.3 is 0 Å². The molecule has 0 spiro atoms. The van der Waals surface area contributed by atoms with E-state index in [4.69, 9.17) is 0 Å². The molecule has 2 N–H and O–H groups in total. The van der Waals surface area contributed by atoms with E-state index in [-0.39, 0.29) is 24.3 Å². The van der Waals surface area contributed by atoms with Crippen LogP contribution >= 0.6 is 0 Å². The maximum absolute atomic E-state index is 12.9. The second-order valence-corrected chi connectivity index (χ2v) is 8.05. The molecule has 2 aromatic heterocycles. The molecule has 1 saturated heterocycles. The molecule has 0 atom stereocenters. The van der Waals surface area contributed by atoms with Crippen molar-refractivity contribution >= 4 is 29.1 Å². The van der Waals surface area contributed by atoms with E-state index in [2.05, 4.69) is 25.6 Å². The van der Waals surface area contributed by atoms with Crippen LogP contribution in [0.15, 0.2) is 54.9 Å². The van der Waals surface area contributed by atoms with Gasteiger partial charge in [0.1, 0.15) is 5.69 Å². The van der Waals surface area contributed by atoms with E-state index in [9.17, 15) is 14.4 Å². The summed E-state index contributed by atoms with van der Waals surface area (Å²) in [5.74, 6) is -0.673. The van der Waals surface area contributed by atoms with Crippen molar-refractivity contribution < 1.29 is 14.4 Å². The molecule has 1 aliphatic heterocycles. The van der Waals surface area contributed by atoms with Crippen molar-refractivity contribution in [1.82, 2.24) is 25.0 Å². The summed E-state index contributed by atoms with van der Waals surface area (Å²) in [6.45, 7) is 3.90. The third-order valence-corrected chi connectivity index (χ3v) is 5.69. The van der Waals surface area contributed by atoms with Gasteiger partial charge in [-0.15, -0.1) is 0 Å². The average Bonchev–Trinajstić information content (AvgIpc) is 3.20. The molecule has 1 aliphatic rings. The Morgan fingerprint density at radius 1 is 0.971 bits per heavy atom. The average molecular weight is 462 g/mol. The normalized spacial score (nSPS) is 13.5. The van der Waals surface area contributed by atoms with Crippen LogP contribution in [0.1, 0.15) is 26.5 Å². The summed E-state index contributed by atoms with van der Waals surface area (Å²) in [4.78, 5) is 45.7. The van der Waals surface area contributed by atoms with E-state index in [1.54, 1.807) is 48.6 Å². The second kappa shape index (κ2) is 10.2. The summed E-state index contributed by atoms with van der Waals surface area (Å²) >= 11 is 0. The van der Waals surface area contributed by atoms with Crippen LogP contribution in [0.25, 0.3) is 0 Å². The van der Waals surface area contributed by atoms with Crippen molar-refractivity contribution in [2.75, 3.05) is 42.9 Å². The fraction of sp³-hybridized carbons (Fsp3) is 0.292. The van der Waals surface area contributed by atoms with Crippen molar-refractivity contribution in [2.45, 2.75) is 6.92 Å². The first-order chi connectivity index (χ1) is 16.4. The molecule has 1 fully saturated rings. The summed E-state index contributed by atoms with van der Waals surface area (Å²) in [5, 5.41) is 9.73. The SMILES string of the molecule is Cc1cc(C(=O)NCC(=O)N2CCN(c3ccccc3C(=O)Nc3ccncc3)CC2)n(C)n1. The number of nitrogens with zero attached hydrogens (tertiary/aromatic N) is 5. The first kappa shape index (κ1) is 23.0. The molecular formula is C24H27N7O3. The van der Waals surface area contributed by atoms with E-state index in [1.165, 1.54) is 4.68 Å². The molecule has 0 unspecified atom stereocenters. The molecule has 0 saturated carbocycles. The van der Waals surface area contributed by atoms with Gasteiger partial charge in [-0.2, -0.15) is 5.10 Å². The minimum absolute atomic E-state index is 0.0754. The highest BCUT2D eigenvalue weighted by atomic mass is 16.2. The zero-order valence-corrected chi connectivity index (χ0v) is 19.2. The molecule has 34 heavy (non-hydrogen) atoms. The molecule has 0 radical (unpaired) electrons. The van der Waals surface area contributed by atoms with Crippen LogP contribution < -0.4 is 15.5 Å². The first-order valence-corrected chi connectivity index (χ1v) is 11.0. The van der Waals surface area contributed by atoms with Crippen LogP contribution in [0.4, 0.5) is 11.4 Å². The fourth-order valence-corrected chi connectivity index (χ4v) is 3.95. The summed E-state index contributed by atoms with van der Waals surface area (Å²) in [5.41, 5.74) is 3.22. The molecule has 3 amide bonds. The van der Waals surface area contributed by atoms with Crippen LogP contribution in [-0.2, 0) is 11.8 Å². The smallest absolute Gasteiger partial charge is 0.269 e. The number of para-hydroxylation sites is 1. The molecule has 0 bridgehead atoms. The summed E-state index contributed by atoms with van der Waals surface area (Å²) in [7, 11) is 1.69. The number of benzene rings is 1. The highest BCUT2D eigenvalue weighted by Gasteiger charge is 2.24. The minimum atomic E-state index is -0.329. The number of piperazine rings is 1. The van der Waals surface area contributed by atoms with Gasteiger partial charge in [0, 0.05) is 57.0 Å². The molecule has 3 heterocycles. The van der Waals surface area contributed by atoms with Crippen LogP contribution in [0.2, 0.25) is 0 Å². The van der Waals surface area contributed by atoms with Gasteiger partial charge in [-0.1, -0.05) is 12.1 Å².